The Morgan fingerprint density at radius 3 is 2.67 bits per heavy atom. The van der Waals surface area contributed by atoms with Crippen LogP contribution in [0.5, 0.6) is 0 Å². The molecule has 82 valence electrons. The molecule has 0 radical (unpaired) electrons. The molecule has 2 aliphatic rings. The van der Waals surface area contributed by atoms with Gasteiger partial charge in [-0.2, -0.15) is 0 Å². The van der Waals surface area contributed by atoms with Gasteiger partial charge in [0.05, 0.1) is 0 Å². The summed E-state index contributed by atoms with van der Waals surface area (Å²) in [6.45, 7) is 7.01. The molecule has 1 heteroatoms. The third-order valence-electron chi connectivity index (χ3n) is 4.02. The smallest absolute Gasteiger partial charge is 0.0114 e. The lowest BCUT2D eigenvalue weighted by Crippen LogP contribution is -2.09. The van der Waals surface area contributed by atoms with Crippen LogP contribution in [0.25, 0.3) is 0 Å². The van der Waals surface area contributed by atoms with Gasteiger partial charge in [0.15, 0.2) is 0 Å². The highest BCUT2D eigenvalue weighted by atomic mass is 32.1. The van der Waals surface area contributed by atoms with Gasteiger partial charge in [-0.05, 0) is 48.1 Å². The molecule has 2 bridgehead atoms. The minimum absolute atomic E-state index is 0.350. The van der Waals surface area contributed by atoms with Crippen LogP contribution >= 0.6 is 11.3 Å². The van der Waals surface area contributed by atoms with Crippen LogP contribution in [0.1, 0.15) is 73.6 Å². The zero-order valence-electron chi connectivity index (χ0n) is 9.97. The third kappa shape index (κ3) is 1.47. The van der Waals surface area contributed by atoms with Gasteiger partial charge in [0.2, 0.25) is 0 Å². The predicted octanol–water partition coefficient (Wildman–Crippen LogP) is 4.80. The molecule has 3 rings (SSSR count). The predicted molar refractivity (Wildman–Crippen MR) is 67.0 cm³/mol. The summed E-state index contributed by atoms with van der Waals surface area (Å²) >= 11 is 2.11. The van der Waals surface area contributed by atoms with Crippen molar-refractivity contribution < 1.29 is 0 Å². The standard InChI is InChI=1S/C14H20S/c1-14(2,3)12-8-11-9-5-4-6-10(7-9)13(11)15-12/h8-10H,4-7H2,1-3H3. The normalized spacial score (nSPS) is 29.3. The average molecular weight is 220 g/mol. The van der Waals surface area contributed by atoms with Gasteiger partial charge in [-0.25, -0.2) is 0 Å². The SMILES string of the molecule is CC(C)(C)c1cc2c(s1)C1CCCC2C1. The van der Waals surface area contributed by atoms with Gasteiger partial charge in [-0.3, -0.25) is 0 Å². The Morgan fingerprint density at radius 2 is 1.93 bits per heavy atom. The molecule has 0 saturated heterocycles. The molecule has 0 amide bonds. The van der Waals surface area contributed by atoms with Crippen LogP contribution in [0.2, 0.25) is 0 Å². The highest BCUT2D eigenvalue weighted by Crippen LogP contribution is 2.54. The topological polar surface area (TPSA) is 0 Å². The molecule has 0 spiro atoms. The first-order chi connectivity index (χ1) is 7.05. The molecule has 2 unspecified atom stereocenters. The lowest BCUT2D eigenvalue weighted by molar-refractivity contribution is 0.436. The fraction of sp³-hybridized carbons (Fsp3) is 0.714. The van der Waals surface area contributed by atoms with E-state index in [-0.39, 0.29) is 0 Å². The van der Waals surface area contributed by atoms with Crippen LogP contribution in [-0.2, 0) is 5.41 Å². The Bertz CT molecular complexity index is 353. The molecule has 15 heavy (non-hydrogen) atoms. The van der Waals surface area contributed by atoms with E-state index < -0.39 is 0 Å². The van der Waals surface area contributed by atoms with Crippen LogP contribution in [0.15, 0.2) is 6.07 Å². The summed E-state index contributed by atoms with van der Waals surface area (Å²) < 4.78 is 0. The summed E-state index contributed by atoms with van der Waals surface area (Å²) in [5, 5.41) is 0. The number of thiophene rings is 1. The van der Waals surface area contributed by atoms with Crippen molar-refractivity contribution >= 4 is 11.3 Å². The van der Waals surface area contributed by atoms with E-state index >= 15 is 0 Å². The first-order valence-electron chi connectivity index (χ1n) is 6.20. The first-order valence-corrected chi connectivity index (χ1v) is 7.01. The van der Waals surface area contributed by atoms with Gasteiger partial charge in [-0.15, -0.1) is 11.3 Å². The van der Waals surface area contributed by atoms with E-state index in [1.54, 1.807) is 15.3 Å². The van der Waals surface area contributed by atoms with Crippen LogP contribution in [0.4, 0.5) is 0 Å². The maximum atomic E-state index is 2.52. The molecule has 0 aliphatic heterocycles. The van der Waals surface area contributed by atoms with Crippen molar-refractivity contribution in [3.63, 3.8) is 0 Å². The van der Waals surface area contributed by atoms with Gasteiger partial charge in [0, 0.05) is 9.75 Å². The molecular weight excluding hydrogens is 200 g/mol. The molecule has 1 aromatic rings. The summed E-state index contributed by atoms with van der Waals surface area (Å²) in [4.78, 5) is 3.35. The van der Waals surface area contributed by atoms with E-state index in [0.717, 1.165) is 11.8 Å². The van der Waals surface area contributed by atoms with E-state index in [2.05, 4.69) is 38.2 Å². The number of hydrogen-bond acceptors (Lipinski definition) is 1. The number of fused-ring (bicyclic) bond motifs is 5. The van der Waals surface area contributed by atoms with Crippen LogP contribution in [0, 0.1) is 0 Å². The lowest BCUT2D eigenvalue weighted by atomic mass is 9.87. The maximum Gasteiger partial charge on any atom is 0.0114 e. The van der Waals surface area contributed by atoms with Crippen molar-refractivity contribution in [1.82, 2.24) is 0 Å². The fourth-order valence-electron chi connectivity index (χ4n) is 3.14. The van der Waals surface area contributed by atoms with Crippen molar-refractivity contribution in [3.05, 3.63) is 21.4 Å². The van der Waals surface area contributed by atoms with E-state index in [1.807, 2.05) is 0 Å². The minimum atomic E-state index is 0.350. The quantitative estimate of drug-likeness (QED) is 0.589. The van der Waals surface area contributed by atoms with E-state index in [0.29, 0.717) is 5.41 Å². The second-order valence-corrected chi connectivity index (χ2v) is 7.32. The van der Waals surface area contributed by atoms with Gasteiger partial charge < -0.3 is 0 Å². The second-order valence-electron chi connectivity index (χ2n) is 6.24. The molecular formula is C14H20S. The molecule has 1 heterocycles. The molecule has 0 aromatic carbocycles. The van der Waals surface area contributed by atoms with Crippen molar-refractivity contribution in [2.75, 3.05) is 0 Å². The van der Waals surface area contributed by atoms with Gasteiger partial charge in [-0.1, -0.05) is 27.2 Å². The third-order valence-corrected chi connectivity index (χ3v) is 5.75. The molecule has 1 fully saturated rings. The van der Waals surface area contributed by atoms with Crippen LogP contribution < -0.4 is 0 Å². The molecule has 1 saturated carbocycles. The zero-order valence-corrected chi connectivity index (χ0v) is 10.8. The Kier molecular flexibility index (Phi) is 2.04. The Morgan fingerprint density at radius 1 is 1.20 bits per heavy atom. The maximum absolute atomic E-state index is 2.52. The van der Waals surface area contributed by atoms with E-state index in [1.165, 1.54) is 25.7 Å². The van der Waals surface area contributed by atoms with Crippen molar-refractivity contribution in [2.45, 2.75) is 63.7 Å². The summed E-state index contributed by atoms with van der Waals surface area (Å²) in [6, 6.07) is 2.52. The summed E-state index contributed by atoms with van der Waals surface area (Å²) in [5.41, 5.74) is 2.08. The Balaban J connectivity index is 2.04. The minimum Gasteiger partial charge on any atom is -0.144 e. The zero-order chi connectivity index (χ0) is 10.6. The largest absolute Gasteiger partial charge is 0.144 e. The van der Waals surface area contributed by atoms with Crippen molar-refractivity contribution in [1.29, 1.82) is 0 Å². The van der Waals surface area contributed by atoms with Gasteiger partial charge in [0.1, 0.15) is 0 Å². The van der Waals surface area contributed by atoms with Crippen LogP contribution in [0.3, 0.4) is 0 Å². The molecule has 1 aromatic heterocycles. The van der Waals surface area contributed by atoms with Crippen LogP contribution in [-0.4, -0.2) is 0 Å². The van der Waals surface area contributed by atoms with Gasteiger partial charge >= 0.3 is 0 Å². The molecule has 0 N–H and O–H groups in total. The highest BCUT2D eigenvalue weighted by molar-refractivity contribution is 7.12. The average Bonchev–Trinajstić information content (AvgIpc) is 2.68. The summed E-state index contributed by atoms with van der Waals surface area (Å²) in [5.74, 6) is 1.85. The van der Waals surface area contributed by atoms with E-state index in [9.17, 15) is 0 Å². The van der Waals surface area contributed by atoms with Gasteiger partial charge in [0.25, 0.3) is 0 Å². The van der Waals surface area contributed by atoms with E-state index in [4.69, 9.17) is 0 Å². The number of rotatable bonds is 0. The fourth-order valence-corrected chi connectivity index (χ4v) is 4.59. The molecule has 2 aliphatic carbocycles. The Hall–Kier alpha value is -0.300. The molecule has 0 nitrogen and oxygen atoms in total. The highest BCUT2D eigenvalue weighted by Gasteiger charge is 2.37. The summed E-state index contributed by atoms with van der Waals surface area (Å²) in [6.07, 6.45) is 5.82. The Labute approximate surface area is 96.7 Å². The molecule has 2 atom stereocenters. The van der Waals surface area contributed by atoms with Crippen molar-refractivity contribution in [3.8, 4) is 0 Å². The second kappa shape index (κ2) is 3.10. The monoisotopic (exact) mass is 220 g/mol. The lowest BCUT2D eigenvalue weighted by Gasteiger charge is -2.21. The number of hydrogen-bond donors (Lipinski definition) is 0. The summed E-state index contributed by atoms with van der Waals surface area (Å²) in [7, 11) is 0. The van der Waals surface area contributed by atoms with Crippen molar-refractivity contribution in [2.24, 2.45) is 0 Å². The first kappa shape index (κ1) is 9.89.